The highest BCUT2D eigenvalue weighted by Crippen LogP contribution is 2.10. The van der Waals surface area contributed by atoms with Crippen LogP contribution in [0.4, 0.5) is 0 Å². The van der Waals surface area contributed by atoms with E-state index in [0.717, 1.165) is 12.8 Å². The predicted octanol–water partition coefficient (Wildman–Crippen LogP) is 2.00. The first-order valence-corrected chi connectivity index (χ1v) is 13.2. The first kappa shape index (κ1) is 27.7. The minimum absolute atomic E-state index is 0.0546. The van der Waals surface area contributed by atoms with Crippen LogP contribution in [0.1, 0.15) is 71.1 Å². The van der Waals surface area contributed by atoms with Crippen molar-refractivity contribution in [2.45, 2.75) is 77.2 Å². The van der Waals surface area contributed by atoms with Gasteiger partial charge in [-0.1, -0.05) is 51.2 Å². The number of allylic oxidation sites excluding steroid dienone is 2. The molecule has 0 aromatic carbocycles. The van der Waals surface area contributed by atoms with Gasteiger partial charge in [-0.15, -0.1) is 0 Å². The van der Waals surface area contributed by atoms with Crippen LogP contribution in [-0.2, 0) is 14.9 Å². The molecule has 0 radical (unpaired) electrons. The van der Waals surface area contributed by atoms with E-state index >= 15 is 0 Å². The molecule has 0 spiro atoms. The Hall–Kier alpha value is -1.29. The number of carbonyl (C=O) groups is 1. The first-order chi connectivity index (χ1) is 14.8. The smallest absolute Gasteiger partial charge is 0.316 e. The van der Waals surface area contributed by atoms with Gasteiger partial charge in [-0.2, -0.15) is 8.42 Å². The minimum atomic E-state index is -4.29. The molecule has 0 saturated carbocycles. The SMILES string of the molecule is CCCCCCCC/C=C/CCCC(=O)C1=[N+](CC(O)CS(=O)(=O)O)CCN1CCO. The third-order valence-corrected chi connectivity index (χ3v) is 6.16. The van der Waals surface area contributed by atoms with Crippen molar-refractivity contribution in [3.63, 3.8) is 0 Å². The van der Waals surface area contributed by atoms with Crippen molar-refractivity contribution in [3.05, 3.63) is 12.2 Å². The molecule has 1 aliphatic rings. The van der Waals surface area contributed by atoms with Gasteiger partial charge in [0.15, 0.2) is 0 Å². The van der Waals surface area contributed by atoms with Gasteiger partial charge in [0.05, 0.1) is 6.61 Å². The zero-order valence-electron chi connectivity index (χ0n) is 18.9. The van der Waals surface area contributed by atoms with E-state index in [1.807, 2.05) is 0 Å². The lowest BCUT2D eigenvalue weighted by atomic mass is 10.1. The van der Waals surface area contributed by atoms with E-state index in [1.165, 1.54) is 38.5 Å². The average molecular weight is 462 g/mol. The Morgan fingerprint density at radius 1 is 1.13 bits per heavy atom. The lowest BCUT2D eigenvalue weighted by Gasteiger charge is -2.12. The Morgan fingerprint density at radius 3 is 2.42 bits per heavy atom. The van der Waals surface area contributed by atoms with Crippen molar-refractivity contribution < 1.29 is 32.6 Å². The predicted molar refractivity (Wildman–Crippen MR) is 122 cm³/mol. The maximum Gasteiger partial charge on any atom is 0.316 e. The average Bonchev–Trinajstić information content (AvgIpc) is 3.06. The quantitative estimate of drug-likeness (QED) is 0.124. The molecule has 9 heteroatoms. The molecule has 3 N–H and O–H groups in total. The zero-order valence-corrected chi connectivity index (χ0v) is 19.7. The summed E-state index contributed by atoms with van der Waals surface area (Å²) < 4.78 is 32.5. The van der Waals surface area contributed by atoms with Crippen molar-refractivity contribution in [2.24, 2.45) is 0 Å². The number of aliphatic hydroxyl groups excluding tert-OH is 2. The molecule has 1 rings (SSSR count). The number of hydrogen-bond acceptors (Lipinski definition) is 6. The number of amidine groups is 1. The van der Waals surface area contributed by atoms with E-state index in [-0.39, 0.29) is 18.9 Å². The van der Waals surface area contributed by atoms with Crippen LogP contribution in [0.25, 0.3) is 0 Å². The maximum absolute atomic E-state index is 12.8. The number of hydrogen-bond donors (Lipinski definition) is 3. The number of unbranched alkanes of at least 4 members (excludes halogenated alkanes) is 7. The topological polar surface area (TPSA) is 118 Å². The Bertz CT molecular complexity index is 690. The summed E-state index contributed by atoms with van der Waals surface area (Å²) in [6.45, 7) is 3.36. The van der Waals surface area contributed by atoms with E-state index in [4.69, 9.17) is 4.55 Å². The van der Waals surface area contributed by atoms with Crippen LogP contribution in [0.2, 0.25) is 0 Å². The van der Waals surface area contributed by atoms with Crippen LogP contribution in [0.5, 0.6) is 0 Å². The number of nitrogens with zero attached hydrogens (tertiary/aromatic N) is 2. The largest absolute Gasteiger partial charge is 0.392 e. The van der Waals surface area contributed by atoms with Gasteiger partial charge in [0.2, 0.25) is 5.78 Å². The second-order valence-corrected chi connectivity index (χ2v) is 9.72. The second-order valence-electron chi connectivity index (χ2n) is 8.23. The number of ketones is 1. The molecule has 1 unspecified atom stereocenters. The molecular weight excluding hydrogens is 420 g/mol. The molecule has 0 amide bonds. The first-order valence-electron chi connectivity index (χ1n) is 11.6. The van der Waals surface area contributed by atoms with Gasteiger partial charge < -0.3 is 10.2 Å². The summed E-state index contributed by atoms with van der Waals surface area (Å²) in [6.07, 6.45) is 13.6. The van der Waals surface area contributed by atoms with Crippen LogP contribution in [0.3, 0.4) is 0 Å². The van der Waals surface area contributed by atoms with Gasteiger partial charge in [-0.3, -0.25) is 18.8 Å². The molecule has 0 aromatic heterocycles. The van der Waals surface area contributed by atoms with E-state index in [1.54, 1.807) is 9.48 Å². The number of aliphatic hydroxyl groups is 2. The van der Waals surface area contributed by atoms with Crippen LogP contribution in [-0.4, -0.2) is 88.9 Å². The fourth-order valence-corrected chi connectivity index (χ4v) is 4.43. The second kappa shape index (κ2) is 15.5. The Morgan fingerprint density at radius 2 is 1.77 bits per heavy atom. The van der Waals surface area contributed by atoms with Gasteiger partial charge >= 0.3 is 5.84 Å². The number of Topliss-reactive ketones (excluding diaryl/α,β-unsaturated/α-hetero) is 1. The van der Waals surface area contributed by atoms with Gasteiger partial charge in [0.25, 0.3) is 10.1 Å². The van der Waals surface area contributed by atoms with Crippen molar-refractivity contribution in [1.29, 1.82) is 0 Å². The van der Waals surface area contributed by atoms with Crippen molar-refractivity contribution >= 4 is 21.7 Å². The summed E-state index contributed by atoms with van der Waals surface area (Å²) in [5, 5.41) is 19.2. The monoisotopic (exact) mass is 461 g/mol. The van der Waals surface area contributed by atoms with E-state index in [2.05, 4.69) is 19.1 Å². The fraction of sp³-hybridized carbons (Fsp3) is 0.818. The van der Waals surface area contributed by atoms with Crippen LogP contribution < -0.4 is 0 Å². The van der Waals surface area contributed by atoms with Crippen LogP contribution in [0, 0.1) is 0 Å². The fourth-order valence-electron chi connectivity index (χ4n) is 3.84. The standard InChI is InChI=1S/C22H40N2O6S/c1-2-3-4-5-6-7-8-9-10-11-12-13-21(27)22-23(16-17-25)14-15-24(22)18-20(26)19-31(28,29)30/h9-10,20,25-26H,2-8,11-19H2,1H3/p+1/b10-9+. The Labute approximate surface area is 187 Å². The number of carbonyl (C=O) groups excluding carboxylic acids is 1. The van der Waals surface area contributed by atoms with Gasteiger partial charge in [0.1, 0.15) is 38.0 Å². The molecule has 0 saturated heterocycles. The number of rotatable bonds is 18. The lowest BCUT2D eigenvalue weighted by Crippen LogP contribution is -2.40. The summed E-state index contributed by atoms with van der Waals surface area (Å²) in [5.74, 6) is -0.428. The van der Waals surface area contributed by atoms with E-state index in [0.29, 0.717) is 38.3 Å². The van der Waals surface area contributed by atoms with Crippen LogP contribution in [0.15, 0.2) is 12.2 Å². The molecule has 0 aromatic rings. The molecule has 180 valence electrons. The summed E-state index contributed by atoms with van der Waals surface area (Å²) >= 11 is 0. The molecule has 0 fully saturated rings. The lowest BCUT2D eigenvalue weighted by molar-refractivity contribution is -0.525. The highest BCUT2D eigenvalue weighted by atomic mass is 32.2. The molecule has 1 aliphatic heterocycles. The van der Waals surface area contributed by atoms with E-state index < -0.39 is 22.0 Å². The van der Waals surface area contributed by atoms with Gasteiger partial charge in [0, 0.05) is 6.42 Å². The molecule has 1 atom stereocenters. The highest BCUT2D eigenvalue weighted by molar-refractivity contribution is 7.85. The highest BCUT2D eigenvalue weighted by Gasteiger charge is 2.36. The molecule has 31 heavy (non-hydrogen) atoms. The molecule has 1 heterocycles. The van der Waals surface area contributed by atoms with Crippen molar-refractivity contribution in [2.75, 3.05) is 38.5 Å². The van der Waals surface area contributed by atoms with Crippen LogP contribution >= 0.6 is 0 Å². The zero-order chi connectivity index (χ0) is 23.1. The summed E-state index contributed by atoms with van der Waals surface area (Å²) in [4.78, 5) is 14.6. The summed E-state index contributed by atoms with van der Waals surface area (Å²) in [6, 6.07) is 0. The maximum atomic E-state index is 12.8. The molecule has 8 nitrogen and oxygen atoms in total. The normalized spacial score (nSPS) is 15.9. The summed E-state index contributed by atoms with van der Waals surface area (Å²) in [7, 11) is -4.29. The van der Waals surface area contributed by atoms with Gasteiger partial charge in [-0.25, -0.2) is 0 Å². The summed E-state index contributed by atoms with van der Waals surface area (Å²) in [5.41, 5.74) is 0. The molecule has 0 aliphatic carbocycles. The number of β-amino-alcohol motifs (C(OH)–C–C–N with tert-alkyl or cyclic N) is 2. The third kappa shape index (κ3) is 12.4. The Kier molecular flexibility index (Phi) is 13.9. The minimum Gasteiger partial charge on any atom is -0.392 e. The third-order valence-electron chi connectivity index (χ3n) is 5.36. The molecule has 0 bridgehead atoms. The van der Waals surface area contributed by atoms with Gasteiger partial charge in [-0.05, 0) is 25.7 Å². The van der Waals surface area contributed by atoms with Crippen molar-refractivity contribution in [1.82, 2.24) is 4.90 Å². The van der Waals surface area contributed by atoms with Crippen molar-refractivity contribution in [3.8, 4) is 0 Å². The Balaban J connectivity index is 2.47. The van der Waals surface area contributed by atoms with E-state index in [9.17, 15) is 23.4 Å². The molecular formula is C22H41N2O6S+.